The Morgan fingerprint density at radius 2 is 1.71 bits per heavy atom. The van der Waals surface area contributed by atoms with Crippen molar-refractivity contribution in [3.8, 4) is 0 Å². The lowest BCUT2D eigenvalue weighted by Crippen LogP contribution is -2.35. The molecule has 1 fully saturated rings. The van der Waals surface area contributed by atoms with E-state index in [-0.39, 0.29) is 5.91 Å². The number of piperidine rings is 1. The average Bonchev–Trinajstić information content (AvgIpc) is 2.56. The van der Waals surface area contributed by atoms with Crippen LogP contribution in [0.3, 0.4) is 0 Å². The van der Waals surface area contributed by atoms with E-state index in [2.05, 4.69) is 10.3 Å². The van der Waals surface area contributed by atoms with Crippen LogP contribution in [0.4, 0.5) is 11.4 Å². The molecule has 21 heavy (non-hydrogen) atoms. The van der Waals surface area contributed by atoms with E-state index < -0.39 is 0 Å². The first kappa shape index (κ1) is 13.6. The van der Waals surface area contributed by atoms with Crippen molar-refractivity contribution in [1.29, 1.82) is 0 Å². The smallest absolute Gasteiger partial charge is 0.255 e. The van der Waals surface area contributed by atoms with Crippen molar-refractivity contribution < 1.29 is 4.79 Å². The van der Waals surface area contributed by atoms with Crippen LogP contribution in [0.15, 0.2) is 48.8 Å². The molecule has 1 N–H and O–H groups in total. The lowest BCUT2D eigenvalue weighted by Gasteiger charge is -2.27. The van der Waals surface area contributed by atoms with Crippen LogP contribution in [0.1, 0.15) is 29.6 Å². The number of hydrogen-bond donors (Lipinski definition) is 1. The maximum Gasteiger partial charge on any atom is 0.255 e. The Kier molecular flexibility index (Phi) is 4.15. The molecule has 2 aromatic rings. The molecule has 0 aliphatic carbocycles. The van der Waals surface area contributed by atoms with Gasteiger partial charge in [0.25, 0.3) is 5.91 Å². The molecule has 3 rings (SSSR count). The number of para-hydroxylation sites is 1. The first-order valence-electron chi connectivity index (χ1n) is 7.40. The van der Waals surface area contributed by atoms with Crippen LogP contribution in [0.5, 0.6) is 0 Å². The zero-order chi connectivity index (χ0) is 14.5. The predicted octanol–water partition coefficient (Wildman–Crippen LogP) is 3.45. The molecular weight excluding hydrogens is 262 g/mol. The molecule has 108 valence electrons. The molecule has 1 aliphatic heterocycles. The molecule has 1 amide bonds. The standard InChI is InChI=1S/C17H19N3O/c21-17(20-12-4-1-5-13-20)15-6-2-3-7-16(15)19-14-8-10-18-11-9-14/h2-3,6-11H,1,4-5,12-13H2,(H,18,19). The fourth-order valence-electron chi connectivity index (χ4n) is 2.64. The molecule has 4 nitrogen and oxygen atoms in total. The van der Waals surface area contributed by atoms with Crippen LogP contribution in [-0.2, 0) is 0 Å². The molecule has 0 unspecified atom stereocenters. The molecule has 4 heteroatoms. The van der Waals surface area contributed by atoms with Gasteiger partial charge >= 0.3 is 0 Å². The molecular formula is C17H19N3O. The van der Waals surface area contributed by atoms with E-state index in [1.54, 1.807) is 12.4 Å². The van der Waals surface area contributed by atoms with Crippen molar-refractivity contribution in [2.45, 2.75) is 19.3 Å². The minimum absolute atomic E-state index is 0.117. The zero-order valence-corrected chi connectivity index (χ0v) is 12.0. The van der Waals surface area contributed by atoms with Gasteiger partial charge < -0.3 is 10.2 Å². The second kappa shape index (κ2) is 6.39. The highest BCUT2D eigenvalue weighted by Gasteiger charge is 2.20. The quantitative estimate of drug-likeness (QED) is 0.937. The summed E-state index contributed by atoms with van der Waals surface area (Å²) in [7, 11) is 0. The summed E-state index contributed by atoms with van der Waals surface area (Å²) in [6, 6.07) is 11.5. The van der Waals surface area contributed by atoms with Crippen LogP contribution in [0.25, 0.3) is 0 Å². The van der Waals surface area contributed by atoms with Gasteiger partial charge in [0.2, 0.25) is 0 Å². The lowest BCUT2D eigenvalue weighted by atomic mass is 10.1. The Balaban J connectivity index is 1.83. The van der Waals surface area contributed by atoms with Gasteiger partial charge in [0, 0.05) is 31.2 Å². The maximum absolute atomic E-state index is 12.7. The third-order valence-corrected chi connectivity index (χ3v) is 3.76. The number of carbonyl (C=O) groups excluding carboxylic acids is 1. The number of aromatic nitrogens is 1. The number of anilines is 2. The fraction of sp³-hybridized carbons (Fsp3) is 0.294. The van der Waals surface area contributed by atoms with Gasteiger partial charge in [0.1, 0.15) is 0 Å². The molecule has 0 bridgehead atoms. The summed E-state index contributed by atoms with van der Waals surface area (Å²) in [5, 5.41) is 3.31. The van der Waals surface area contributed by atoms with Crippen LogP contribution in [0.2, 0.25) is 0 Å². The first-order chi connectivity index (χ1) is 10.3. The lowest BCUT2D eigenvalue weighted by molar-refractivity contribution is 0.0725. The number of benzene rings is 1. The summed E-state index contributed by atoms with van der Waals surface area (Å²) in [5.41, 5.74) is 2.51. The Morgan fingerprint density at radius 1 is 1.00 bits per heavy atom. The van der Waals surface area contributed by atoms with Gasteiger partial charge in [-0.2, -0.15) is 0 Å². The minimum Gasteiger partial charge on any atom is -0.355 e. The highest BCUT2D eigenvalue weighted by molar-refractivity contribution is 6.00. The maximum atomic E-state index is 12.7. The van der Waals surface area contributed by atoms with Gasteiger partial charge in [-0.1, -0.05) is 12.1 Å². The van der Waals surface area contributed by atoms with Crippen LogP contribution >= 0.6 is 0 Å². The molecule has 1 aromatic carbocycles. The zero-order valence-electron chi connectivity index (χ0n) is 12.0. The van der Waals surface area contributed by atoms with Crippen molar-refractivity contribution >= 4 is 17.3 Å². The van der Waals surface area contributed by atoms with E-state index in [9.17, 15) is 4.79 Å². The van der Waals surface area contributed by atoms with Gasteiger partial charge in [-0.3, -0.25) is 9.78 Å². The summed E-state index contributed by atoms with van der Waals surface area (Å²) in [5.74, 6) is 0.117. The topological polar surface area (TPSA) is 45.2 Å². The van der Waals surface area contributed by atoms with E-state index in [1.165, 1.54) is 6.42 Å². The van der Waals surface area contributed by atoms with Gasteiger partial charge in [-0.15, -0.1) is 0 Å². The number of carbonyl (C=O) groups is 1. The second-order valence-electron chi connectivity index (χ2n) is 5.26. The molecule has 1 aliphatic rings. The Morgan fingerprint density at radius 3 is 2.48 bits per heavy atom. The van der Waals surface area contributed by atoms with E-state index >= 15 is 0 Å². The molecule has 0 spiro atoms. The van der Waals surface area contributed by atoms with Crippen molar-refractivity contribution in [3.63, 3.8) is 0 Å². The van der Waals surface area contributed by atoms with E-state index in [0.29, 0.717) is 0 Å². The van der Waals surface area contributed by atoms with Crippen molar-refractivity contribution in [1.82, 2.24) is 9.88 Å². The average molecular weight is 281 g/mol. The molecule has 2 heterocycles. The third kappa shape index (κ3) is 3.21. The van der Waals surface area contributed by atoms with Crippen LogP contribution in [-0.4, -0.2) is 28.9 Å². The fourth-order valence-corrected chi connectivity index (χ4v) is 2.64. The first-order valence-corrected chi connectivity index (χ1v) is 7.40. The summed E-state index contributed by atoms with van der Waals surface area (Å²) in [4.78, 5) is 18.6. The largest absolute Gasteiger partial charge is 0.355 e. The molecule has 0 saturated carbocycles. The highest BCUT2D eigenvalue weighted by Crippen LogP contribution is 2.23. The number of amides is 1. The van der Waals surface area contributed by atoms with Gasteiger partial charge in [0.05, 0.1) is 11.3 Å². The summed E-state index contributed by atoms with van der Waals surface area (Å²) >= 11 is 0. The Labute approximate surface area is 124 Å². The second-order valence-corrected chi connectivity index (χ2v) is 5.26. The molecule has 0 atom stereocenters. The van der Waals surface area contributed by atoms with Crippen molar-refractivity contribution in [3.05, 3.63) is 54.4 Å². The van der Waals surface area contributed by atoms with Crippen LogP contribution < -0.4 is 5.32 Å². The molecule has 1 saturated heterocycles. The summed E-state index contributed by atoms with van der Waals surface area (Å²) in [6.07, 6.45) is 6.90. The van der Waals surface area contributed by atoms with Gasteiger partial charge in [-0.25, -0.2) is 0 Å². The number of nitrogens with zero attached hydrogens (tertiary/aromatic N) is 2. The van der Waals surface area contributed by atoms with Crippen LogP contribution in [0, 0.1) is 0 Å². The Bertz CT molecular complexity index is 606. The highest BCUT2D eigenvalue weighted by atomic mass is 16.2. The van der Waals surface area contributed by atoms with Crippen molar-refractivity contribution in [2.24, 2.45) is 0 Å². The number of pyridine rings is 1. The van der Waals surface area contributed by atoms with Gasteiger partial charge in [0.15, 0.2) is 0 Å². The number of hydrogen-bond acceptors (Lipinski definition) is 3. The van der Waals surface area contributed by atoms with E-state index in [1.807, 2.05) is 41.3 Å². The van der Waals surface area contributed by atoms with Gasteiger partial charge in [-0.05, 0) is 43.5 Å². The number of likely N-dealkylation sites (tertiary alicyclic amines) is 1. The number of rotatable bonds is 3. The minimum atomic E-state index is 0.117. The Hall–Kier alpha value is -2.36. The monoisotopic (exact) mass is 281 g/mol. The molecule has 0 radical (unpaired) electrons. The normalized spacial score (nSPS) is 14.8. The molecule has 1 aromatic heterocycles. The number of nitrogens with one attached hydrogen (secondary N) is 1. The van der Waals surface area contributed by atoms with E-state index in [4.69, 9.17) is 0 Å². The predicted molar refractivity (Wildman–Crippen MR) is 83.7 cm³/mol. The summed E-state index contributed by atoms with van der Waals surface area (Å²) < 4.78 is 0. The third-order valence-electron chi connectivity index (χ3n) is 3.76. The van der Waals surface area contributed by atoms with E-state index in [0.717, 1.165) is 42.9 Å². The SMILES string of the molecule is O=C(c1ccccc1Nc1ccncc1)N1CCCCC1. The van der Waals surface area contributed by atoms with Crippen molar-refractivity contribution in [2.75, 3.05) is 18.4 Å². The summed E-state index contributed by atoms with van der Waals surface area (Å²) in [6.45, 7) is 1.73.